The predicted octanol–water partition coefficient (Wildman–Crippen LogP) is 2.01. The van der Waals surface area contributed by atoms with Crippen molar-refractivity contribution >= 4 is 27.8 Å². The number of nitrogens with zero attached hydrogens (tertiary/aromatic N) is 3. The van der Waals surface area contributed by atoms with E-state index < -0.39 is 0 Å². The number of nitrogens with one attached hydrogen (secondary N) is 1. The van der Waals surface area contributed by atoms with Crippen molar-refractivity contribution < 1.29 is 0 Å². The van der Waals surface area contributed by atoms with Crippen molar-refractivity contribution in [1.29, 1.82) is 0 Å². The highest BCUT2D eigenvalue weighted by atomic mass is 32.1. The molecule has 13 heavy (non-hydrogen) atoms. The SMILES string of the molecule is CNc1nnc(-c2scnc2C)s1. The summed E-state index contributed by atoms with van der Waals surface area (Å²) >= 11 is 3.14. The summed E-state index contributed by atoms with van der Waals surface area (Å²) in [5.74, 6) is 0. The van der Waals surface area contributed by atoms with E-state index in [1.54, 1.807) is 22.7 Å². The Morgan fingerprint density at radius 1 is 1.38 bits per heavy atom. The Morgan fingerprint density at radius 2 is 2.23 bits per heavy atom. The van der Waals surface area contributed by atoms with Crippen molar-refractivity contribution in [3.05, 3.63) is 11.2 Å². The zero-order valence-corrected chi connectivity index (χ0v) is 8.87. The second-order valence-corrected chi connectivity index (χ2v) is 4.26. The predicted molar refractivity (Wildman–Crippen MR) is 55.3 cm³/mol. The molecule has 0 radical (unpaired) electrons. The average molecular weight is 212 g/mol. The molecule has 1 N–H and O–H groups in total. The summed E-state index contributed by atoms with van der Waals surface area (Å²) in [6, 6.07) is 0. The molecular weight excluding hydrogens is 204 g/mol. The Kier molecular flexibility index (Phi) is 2.24. The highest BCUT2D eigenvalue weighted by Gasteiger charge is 2.09. The van der Waals surface area contributed by atoms with Crippen molar-refractivity contribution in [1.82, 2.24) is 15.2 Å². The lowest BCUT2D eigenvalue weighted by Crippen LogP contribution is -1.84. The van der Waals surface area contributed by atoms with E-state index in [9.17, 15) is 0 Å². The number of anilines is 1. The van der Waals surface area contributed by atoms with Gasteiger partial charge in [0.1, 0.15) is 0 Å². The molecule has 0 unspecified atom stereocenters. The van der Waals surface area contributed by atoms with Gasteiger partial charge in [0.2, 0.25) is 5.13 Å². The van der Waals surface area contributed by atoms with E-state index in [0.717, 1.165) is 20.7 Å². The molecule has 0 aliphatic rings. The molecule has 0 saturated carbocycles. The van der Waals surface area contributed by atoms with Crippen LogP contribution >= 0.6 is 22.7 Å². The second-order valence-electron chi connectivity index (χ2n) is 2.43. The molecule has 0 aliphatic carbocycles. The summed E-state index contributed by atoms with van der Waals surface area (Å²) < 4.78 is 0. The number of thiazole rings is 1. The Bertz CT molecular complexity index is 406. The third-order valence-electron chi connectivity index (χ3n) is 1.58. The van der Waals surface area contributed by atoms with Gasteiger partial charge in [0.25, 0.3) is 0 Å². The standard InChI is InChI=1S/C7H8N4S2/c1-4-5(12-3-9-4)6-10-11-7(8-2)13-6/h3H,1-2H3,(H,8,11). The maximum Gasteiger partial charge on any atom is 0.205 e. The number of hydrogen-bond donors (Lipinski definition) is 1. The molecule has 0 saturated heterocycles. The van der Waals surface area contributed by atoms with Crippen molar-refractivity contribution in [3.8, 4) is 9.88 Å². The van der Waals surface area contributed by atoms with Crippen LogP contribution in [0.1, 0.15) is 5.69 Å². The lowest BCUT2D eigenvalue weighted by atomic mass is 10.4. The smallest absolute Gasteiger partial charge is 0.205 e. The van der Waals surface area contributed by atoms with Crippen LogP contribution in [0.15, 0.2) is 5.51 Å². The Labute approximate surface area is 83.7 Å². The molecular formula is C7H8N4S2. The summed E-state index contributed by atoms with van der Waals surface area (Å²) in [6.07, 6.45) is 0. The van der Waals surface area contributed by atoms with Crippen LogP contribution in [0.5, 0.6) is 0 Å². The van der Waals surface area contributed by atoms with Crippen LogP contribution in [0.3, 0.4) is 0 Å². The van der Waals surface area contributed by atoms with E-state index in [1.807, 2.05) is 19.5 Å². The zero-order chi connectivity index (χ0) is 9.26. The molecule has 2 heterocycles. The molecule has 6 heteroatoms. The molecule has 4 nitrogen and oxygen atoms in total. The molecule has 0 fully saturated rings. The molecule has 2 rings (SSSR count). The van der Waals surface area contributed by atoms with Crippen LogP contribution in [0, 0.1) is 6.92 Å². The molecule has 0 bridgehead atoms. The van der Waals surface area contributed by atoms with Gasteiger partial charge < -0.3 is 5.32 Å². The van der Waals surface area contributed by atoms with Gasteiger partial charge in [0.05, 0.1) is 16.1 Å². The molecule has 2 aromatic rings. The number of aromatic nitrogens is 3. The van der Waals surface area contributed by atoms with Crippen LogP contribution in [0.4, 0.5) is 5.13 Å². The van der Waals surface area contributed by atoms with E-state index >= 15 is 0 Å². The minimum absolute atomic E-state index is 0.836. The third kappa shape index (κ3) is 1.54. The van der Waals surface area contributed by atoms with Crippen LogP contribution in [-0.2, 0) is 0 Å². The lowest BCUT2D eigenvalue weighted by Gasteiger charge is -1.88. The monoisotopic (exact) mass is 212 g/mol. The van der Waals surface area contributed by atoms with Crippen molar-refractivity contribution in [2.75, 3.05) is 12.4 Å². The van der Waals surface area contributed by atoms with Gasteiger partial charge in [-0.1, -0.05) is 11.3 Å². The van der Waals surface area contributed by atoms with E-state index in [4.69, 9.17) is 0 Å². The van der Waals surface area contributed by atoms with Gasteiger partial charge in [-0.2, -0.15) is 0 Å². The van der Waals surface area contributed by atoms with E-state index in [0.29, 0.717) is 0 Å². The minimum atomic E-state index is 0.836. The van der Waals surface area contributed by atoms with Gasteiger partial charge in [0.15, 0.2) is 5.01 Å². The van der Waals surface area contributed by atoms with E-state index in [2.05, 4.69) is 20.5 Å². The topological polar surface area (TPSA) is 50.7 Å². The summed E-state index contributed by atoms with van der Waals surface area (Å²) in [4.78, 5) is 5.28. The number of rotatable bonds is 2. The van der Waals surface area contributed by atoms with Crippen molar-refractivity contribution in [3.63, 3.8) is 0 Å². The molecule has 0 aliphatic heterocycles. The van der Waals surface area contributed by atoms with Gasteiger partial charge in [-0.3, -0.25) is 0 Å². The molecule has 0 amide bonds. The Balaban J connectivity index is 2.41. The summed E-state index contributed by atoms with van der Waals surface area (Å²) in [5, 5.41) is 12.8. The van der Waals surface area contributed by atoms with Gasteiger partial charge in [-0.15, -0.1) is 21.5 Å². The first-order chi connectivity index (χ1) is 6.31. The van der Waals surface area contributed by atoms with Crippen molar-refractivity contribution in [2.45, 2.75) is 6.92 Å². The van der Waals surface area contributed by atoms with Gasteiger partial charge >= 0.3 is 0 Å². The highest BCUT2D eigenvalue weighted by molar-refractivity contribution is 7.22. The second kappa shape index (κ2) is 3.39. The molecule has 2 aromatic heterocycles. The maximum absolute atomic E-state index is 4.17. The fourth-order valence-corrected chi connectivity index (χ4v) is 2.56. The van der Waals surface area contributed by atoms with E-state index in [-0.39, 0.29) is 0 Å². The molecule has 68 valence electrons. The van der Waals surface area contributed by atoms with Crippen LogP contribution in [0.25, 0.3) is 9.88 Å². The molecule has 0 spiro atoms. The van der Waals surface area contributed by atoms with Gasteiger partial charge in [-0.05, 0) is 6.92 Å². The molecule has 0 atom stereocenters. The fraction of sp³-hybridized carbons (Fsp3) is 0.286. The quantitative estimate of drug-likeness (QED) is 0.827. The van der Waals surface area contributed by atoms with Crippen LogP contribution in [0.2, 0.25) is 0 Å². The lowest BCUT2D eigenvalue weighted by molar-refractivity contribution is 1.09. The summed E-state index contributed by atoms with van der Waals surface area (Å²) in [5.41, 5.74) is 2.84. The largest absolute Gasteiger partial charge is 0.363 e. The average Bonchev–Trinajstić information content (AvgIpc) is 2.71. The first-order valence-corrected chi connectivity index (χ1v) is 5.42. The van der Waals surface area contributed by atoms with Crippen LogP contribution in [-0.4, -0.2) is 22.2 Å². The summed E-state index contributed by atoms with van der Waals surface area (Å²) in [7, 11) is 1.84. The first-order valence-electron chi connectivity index (χ1n) is 3.73. The normalized spacial score (nSPS) is 10.3. The Morgan fingerprint density at radius 3 is 2.77 bits per heavy atom. The molecule has 0 aromatic carbocycles. The van der Waals surface area contributed by atoms with Gasteiger partial charge in [-0.25, -0.2) is 4.98 Å². The van der Waals surface area contributed by atoms with E-state index in [1.165, 1.54) is 0 Å². The summed E-state index contributed by atoms with van der Waals surface area (Å²) in [6.45, 7) is 1.98. The maximum atomic E-state index is 4.17. The zero-order valence-electron chi connectivity index (χ0n) is 7.24. The number of aryl methyl sites for hydroxylation is 1. The van der Waals surface area contributed by atoms with Crippen LogP contribution < -0.4 is 5.32 Å². The fourth-order valence-electron chi connectivity index (χ4n) is 0.923. The highest BCUT2D eigenvalue weighted by Crippen LogP contribution is 2.31. The minimum Gasteiger partial charge on any atom is -0.363 e. The Hall–Kier alpha value is -1.01. The van der Waals surface area contributed by atoms with Crippen molar-refractivity contribution in [2.24, 2.45) is 0 Å². The van der Waals surface area contributed by atoms with Gasteiger partial charge in [0, 0.05) is 7.05 Å². The first kappa shape index (κ1) is 8.58. The number of hydrogen-bond acceptors (Lipinski definition) is 6. The third-order valence-corrected chi connectivity index (χ3v) is 3.60.